The summed E-state index contributed by atoms with van der Waals surface area (Å²) in [4.78, 5) is 12.9. The molecule has 0 saturated carbocycles. The Morgan fingerprint density at radius 1 is 1.56 bits per heavy atom. The summed E-state index contributed by atoms with van der Waals surface area (Å²) in [5.74, 6) is -0.147. The summed E-state index contributed by atoms with van der Waals surface area (Å²) >= 11 is 0. The van der Waals surface area contributed by atoms with Gasteiger partial charge in [0.05, 0.1) is 0 Å². The average molecular weight is 230 g/mol. The SMILES string of the molecule is CNC(CN(C)CC1CCOCC1)C(=O)O. The van der Waals surface area contributed by atoms with Crippen molar-refractivity contribution in [3.8, 4) is 0 Å². The first-order valence-corrected chi connectivity index (χ1v) is 5.80. The largest absolute Gasteiger partial charge is 0.480 e. The van der Waals surface area contributed by atoms with Crippen LogP contribution in [0.25, 0.3) is 0 Å². The molecule has 2 N–H and O–H groups in total. The Bertz CT molecular complexity index is 217. The van der Waals surface area contributed by atoms with E-state index < -0.39 is 12.0 Å². The van der Waals surface area contributed by atoms with Crippen LogP contribution in [0.1, 0.15) is 12.8 Å². The van der Waals surface area contributed by atoms with Gasteiger partial charge >= 0.3 is 5.97 Å². The highest BCUT2D eigenvalue weighted by molar-refractivity contribution is 5.73. The van der Waals surface area contributed by atoms with Gasteiger partial charge in [-0.25, -0.2) is 0 Å². The van der Waals surface area contributed by atoms with Crippen molar-refractivity contribution < 1.29 is 14.6 Å². The molecule has 1 unspecified atom stereocenters. The molecule has 1 aliphatic rings. The molecule has 94 valence electrons. The molecular formula is C11H22N2O3. The Kier molecular flexibility index (Phi) is 5.73. The fourth-order valence-corrected chi connectivity index (χ4v) is 2.05. The van der Waals surface area contributed by atoms with E-state index >= 15 is 0 Å². The third-order valence-corrected chi connectivity index (χ3v) is 3.05. The summed E-state index contributed by atoms with van der Waals surface area (Å²) in [7, 11) is 3.66. The lowest BCUT2D eigenvalue weighted by Gasteiger charge is -2.28. The van der Waals surface area contributed by atoms with Gasteiger partial charge in [0.25, 0.3) is 0 Å². The minimum atomic E-state index is -0.790. The molecule has 0 radical (unpaired) electrons. The molecule has 0 aromatic rings. The van der Waals surface area contributed by atoms with Gasteiger partial charge in [-0.1, -0.05) is 0 Å². The van der Waals surface area contributed by atoms with Crippen molar-refractivity contribution in [2.45, 2.75) is 18.9 Å². The molecule has 1 atom stereocenters. The number of rotatable bonds is 6. The van der Waals surface area contributed by atoms with Crippen molar-refractivity contribution in [1.82, 2.24) is 10.2 Å². The molecule has 0 aromatic heterocycles. The van der Waals surface area contributed by atoms with Crippen LogP contribution >= 0.6 is 0 Å². The van der Waals surface area contributed by atoms with Crippen molar-refractivity contribution in [2.24, 2.45) is 5.92 Å². The summed E-state index contributed by atoms with van der Waals surface area (Å²) in [6.45, 7) is 3.18. The van der Waals surface area contributed by atoms with Gasteiger partial charge in [-0.15, -0.1) is 0 Å². The van der Waals surface area contributed by atoms with Gasteiger partial charge in [0.1, 0.15) is 6.04 Å². The number of carboxylic acids is 1. The number of likely N-dealkylation sites (N-methyl/N-ethyl adjacent to an activating group) is 2. The molecular weight excluding hydrogens is 208 g/mol. The zero-order valence-electron chi connectivity index (χ0n) is 10.1. The van der Waals surface area contributed by atoms with Crippen LogP contribution in [-0.2, 0) is 9.53 Å². The normalized spacial score (nSPS) is 19.9. The zero-order valence-corrected chi connectivity index (χ0v) is 10.1. The van der Waals surface area contributed by atoms with Crippen LogP contribution < -0.4 is 5.32 Å². The predicted octanol–water partition coefficient (Wildman–Crippen LogP) is 0.0174. The standard InChI is InChI=1S/C11H22N2O3/c1-12-10(11(14)15)8-13(2)7-9-3-5-16-6-4-9/h9-10,12H,3-8H2,1-2H3,(H,14,15). The molecule has 1 aliphatic heterocycles. The molecule has 0 bridgehead atoms. The number of hydrogen-bond donors (Lipinski definition) is 2. The second-order valence-electron chi connectivity index (χ2n) is 4.46. The lowest BCUT2D eigenvalue weighted by molar-refractivity contribution is -0.139. The Balaban J connectivity index is 2.27. The van der Waals surface area contributed by atoms with Gasteiger partial charge in [0.2, 0.25) is 0 Å². The first-order chi connectivity index (χ1) is 7.63. The summed E-state index contributed by atoms with van der Waals surface area (Å²) < 4.78 is 5.30. The van der Waals surface area contributed by atoms with Crippen LogP contribution in [0, 0.1) is 5.92 Å². The highest BCUT2D eigenvalue weighted by atomic mass is 16.5. The average Bonchev–Trinajstić information content (AvgIpc) is 2.27. The Morgan fingerprint density at radius 2 is 2.19 bits per heavy atom. The fraction of sp³-hybridized carbons (Fsp3) is 0.909. The van der Waals surface area contributed by atoms with E-state index in [0.717, 1.165) is 32.6 Å². The maximum Gasteiger partial charge on any atom is 0.322 e. The van der Waals surface area contributed by atoms with E-state index in [-0.39, 0.29) is 0 Å². The van der Waals surface area contributed by atoms with E-state index in [1.807, 2.05) is 7.05 Å². The molecule has 1 rings (SSSR count). The molecule has 16 heavy (non-hydrogen) atoms. The number of carbonyl (C=O) groups is 1. The molecule has 0 aliphatic carbocycles. The minimum Gasteiger partial charge on any atom is -0.480 e. The number of carboxylic acid groups (broad SMARTS) is 1. The van der Waals surface area contributed by atoms with E-state index in [1.165, 1.54) is 0 Å². The quantitative estimate of drug-likeness (QED) is 0.673. The second-order valence-corrected chi connectivity index (χ2v) is 4.46. The molecule has 1 heterocycles. The summed E-state index contributed by atoms with van der Waals surface area (Å²) in [6, 6.07) is -0.482. The third-order valence-electron chi connectivity index (χ3n) is 3.05. The van der Waals surface area contributed by atoms with Gasteiger partial charge in [-0.2, -0.15) is 0 Å². The molecule has 5 heteroatoms. The molecule has 0 spiro atoms. The van der Waals surface area contributed by atoms with Crippen LogP contribution in [0.5, 0.6) is 0 Å². The van der Waals surface area contributed by atoms with Gasteiger partial charge in [0, 0.05) is 26.3 Å². The van der Waals surface area contributed by atoms with Crippen LogP contribution in [0.15, 0.2) is 0 Å². The lowest BCUT2D eigenvalue weighted by atomic mass is 10.00. The molecule has 1 saturated heterocycles. The number of nitrogens with zero attached hydrogens (tertiary/aromatic N) is 1. The van der Waals surface area contributed by atoms with E-state index in [0.29, 0.717) is 12.5 Å². The van der Waals surface area contributed by atoms with Gasteiger partial charge in [-0.05, 0) is 32.9 Å². The number of hydrogen-bond acceptors (Lipinski definition) is 4. The van der Waals surface area contributed by atoms with E-state index in [4.69, 9.17) is 9.84 Å². The van der Waals surface area contributed by atoms with Crippen LogP contribution in [0.2, 0.25) is 0 Å². The Labute approximate surface area is 96.8 Å². The second kappa shape index (κ2) is 6.83. The third kappa shape index (κ3) is 4.47. The summed E-state index contributed by atoms with van der Waals surface area (Å²) in [5, 5.41) is 11.7. The first-order valence-electron chi connectivity index (χ1n) is 5.80. The van der Waals surface area contributed by atoms with Crippen LogP contribution in [-0.4, -0.2) is 62.4 Å². The number of aliphatic carboxylic acids is 1. The monoisotopic (exact) mass is 230 g/mol. The molecule has 5 nitrogen and oxygen atoms in total. The van der Waals surface area contributed by atoms with Gasteiger partial charge in [-0.3, -0.25) is 4.79 Å². The maximum atomic E-state index is 10.8. The van der Waals surface area contributed by atoms with Crippen LogP contribution in [0.4, 0.5) is 0 Å². The topological polar surface area (TPSA) is 61.8 Å². The zero-order chi connectivity index (χ0) is 12.0. The minimum absolute atomic E-state index is 0.482. The smallest absolute Gasteiger partial charge is 0.322 e. The van der Waals surface area contributed by atoms with Crippen molar-refractivity contribution in [1.29, 1.82) is 0 Å². The van der Waals surface area contributed by atoms with E-state index in [9.17, 15) is 4.79 Å². The Morgan fingerprint density at radius 3 is 2.69 bits per heavy atom. The van der Waals surface area contributed by atoms with Crippen molar-refractivity contribution in [2.75, 3.05) is 40.4 Å². The van der Waals surface area contributed by atoms with Crippen molar-refractivity contribution >= 4 is 5.97 Å². The van der Waals surface area contributed by atoms with E-state index in [2.05, 4.69) is 10.2 Å². The first kappa shape index (κ1) is 13.4. The van der Waals surface area contributed by atoms with E-state index in [1.54, 1.807) is 7.05 Å². The van der Waals surface area contributed by atoms with Crippen molar-refractivity contribution in [3.05, 3.63) is 0 Å². The highest BCUT2D eigenvalue weighted by Crippen LogP contribution is 2.15. The lowest BCUT2D eigenvalue weighted by Crippen LogP contribution is -2.44. The molecule has 0 amide bonds. The van der Waals surface area contributed by atoms with Crippen LogP contribution in [0.3, 0.4) is 0 Å². The Hall–Kier alpha value is -0.650. The van der Waals surface area contributed by atoms with Gasteiger partial charge in [0.15, 0.2) is 0 Å². The predicted molar refractivity (Wildman–Crippen MR) is 61.5 cm³/mol. The van der Waals surface area contributed by atoms with Crippen molar-refractivity contribution in [3.63, 3.8) is 0 Å². The number of nitrogens with one attached hydrogen (secondary N) is 1. The molecule has 1 fully saturated rings. The maximum absolute atomic E-state index is 10.8. The highest BCUT2D eigenvalue weighted by Gasteiger charge is 2.20. The van der Waals surface area contributed by atoms with Gasteiger partial charge < -0.3 is 20.1 Å². The fourth-order valence-electron chi connectivity index (χ4n) is 2.05. The molecule has 0 aromatic carbocycles. The number of ether oxygens (including phenoxy) is 1. The summed E-state index contributed by atoms with van der Waals surface area (Å²) in [5.41, 5.74) is 0. The summed E-state index contributed by atoms with van der Waals surface area (Å²) in [6.07, 6.45) is 2.17.